The molecule has 5 nitrogen and oxygen atoms in total. The van der Waals surface area contributed by atoms with Gasteiger partial charge >= 0.3 is 0 Å². The number of anilines is 1. The zero-order valence-electron chi connectivity index (χ0n) is 11.3. The molecule has 0 spiro atoms. The fourth-order valence-electron chi connectivity index (χ4n) is 1.98. The third-order valence-electron chi connectivity index (χ3n) is 3.04. The first-order chi connectivity index (χ1) is 9.01. The van der Waals surface area contributed by atoms with Gasteiger partial charge in [0.25, 0.3) is 0 Å². The standard InChI is InChI=1S/C13H16ClN3O2/c1-7-5-9(18-3)12(19-4)10(11(7)14)8-6-16-17(2)13(8)15/h5-6H,15H2,1-4H3. The number of nitrogens with zero attached hydrogens (tertiary/aromatic N) is 2. The lowest BCUT2D eigenvalue weighted by atomic mass is 10.0. The zero-order valence-corrected chi connectivity index (χ0v) is 12.1. The molecular formula is C13H16ClN3O2. The quantitative estimate of drug-likeness (QED) is 0.939. The Hall–Kier alpha value is -1.88. The summed E-state index contributed by atoms with van der Waals surface area (Å²) in [4.78, 5) is 0. The van der Waals surface area contributed by atoms with Crippen LogP contribution in [0.1, 0.15) is 5.56 Å². The third kappa shape index (κ3) is 2.10. The van der Waals surface area contributed by atoms with Gasteiger partial charge in [-0.1, -0.05) is 11.6 Å². The van der Waals surface area contributed by atoms with Gasteiger partial charge in [0.15, 0.2) is 11.5 Å². The number of benzene rings is 1. The molecule has 2 aromatic rings. The molecule has 0 saturated heterocycles. The average Bonchev–Trinajstić information content (AvgIpc) is 2.72. The van der Waals surface area contributed by atoms with Gasteiger partial charge in [0.05, 0.1) is 31.0 Å². The molecule has 19 heavy (non-hydrogen) atoms. The van der Waals surface area contributed by atoms with Crippen LogP contribution in [0, 0.1) is 6.92 Å². The van der Waals surface area contributed by atoms with Gasteiger partial charge in [-0.05, 0) is 18.6 Å². The van der Waals surface area contributed by atoms with Crippen molar-refractivity contribution in [1.29, 1.82) is 0 Å². The van der Waals surface area contributed by atoms with Gasteiger partial charge in [0.2, 0.25) is 0 Å². The lowest BCUT2D eigenvalue weighted by Crippen LogP contribution is -2.00. The molecule has 2 rings (SSSR count). The van der Waals surface area contributed by atoms with Crippen LogP contribution in [0.4, 0.5) is 5.82 Å². The van der Waals surface area contributed by atoms with Crippen molar-refractivity contribution in [2.24, 2.45) is 7.05 Å². The second-order valence-corrected chi connectivity index (χ2v) is 4.56. The molecule has 0 atom stereocenters. The van der Waals surface area contributed by atoms with E-state index in [0.717, 1.165) is 11.1 Å². The number of methoxy groups -OCH3 is 2. The van der Waals surface area contributed by atoms with Gasteiger partial charge in [-0.3, -0.25) is 4.68 Å². The topological polar surface area (TPSA) is 62.3 Å². The molecule has 0 amide bonds. The van der Waals surface area contributed by atoms with Gasteiger partial charge in [-0.15, -0.1) is 0 Å². The molecule has 0 saturated carbocycles. The van der Waals surface area contributed by atoms with E-state index < -0.39 is 0 Å². The second kappa shape index (κ2) is 5.01. The molecule has 0 unspecified atom stereocenters. The Bertz CT molecular complexity index is 623. The molecule has 2 N–H and O–H groups in total. The summed E-state index contributed by atoms with van der Waals surface area (Å²) < 4.78 is 12.3. The van der Waals surface area contributed by atoms with Gasteiger partial charge < -0.3 is 15.2 Å². The number of halogens is 1. The van der Waals surface area contributed by atoms with Crippen LogP contribution in [0.3, 0.4) is 0 Å². The van der Waals surface area contributed by atoms with E-state index in [1.54, 1.807) is 32.1 Å². The van der Waals surface area contributed by atoms with E-state index in [1.165, 1.54) is 0 Å². The van der Waals surface area contributed by atoms with Crippen LogP contribution in [0.25, 0.3) is 11.1 Å². The van der Waals surface area contributed by atoms with E-state index in [1.807, 2.05) is 13.0 Å². The number of aromatic nitrogens is 2. The molecule has 1 heterocycles. The summed E-state index contributed by atoms with van der Waals surface area (Å²) in [5.41, 5.74) is 8.33. The van der Waals surface area contributed by atoms with E-state index in [0.29, 0.717) is 27.9 Å². The van der Waals surface area contributed by atoms with Crippen molar-refractivity contribution in [1.82, 2.24) is 9.78 Å². The molecule has 0 aliphatic carbocycles. The molecule has 6 heteroatoms. The maximum atomic E-state index is 6.39. The highest BCUT2D eigenvalue weighted by Gasteiger charge is 2.21. The van der Waals surface area contributed by atoms with Gasteiger partial charge in [-0.2, -0.15) is 5.10 Å². The van der Waals surface area contributed by atoms with Crippen molar-refractivity contribution in [3.05, 3.63) is 22.8 Å². The van der Waals surface area contributed by atoms with Gasteiger partial charge in [-0.25, -0.2) is 0 Å². The Kier molecular flexibility index (Phi) is 3.57. The van der Waals surface area contributed by atoms with Crippen molar-refractivity contribution in [3.8, 4) is 22.6 Å². The third-order valence-corrected chi connectivity index (χ3v) is 3.53. The molecule has 0 bridgehead atoms. The maximum Gasteiger partial charge on any atom is 0.170 e. The number of rotatable bonds is 3. The highest BCUT2D eigenvalue weighted by Crippen LogP contribution is 2.46. The summed E-state index contributed by atoms with van der Waals surface area (Å²) in [6, 6.07) is 1.83. The maximum absolute atomic E-state index is 6.39. The predicted molar refractivity (Wildman–Crippen MR) is 75.9 cm³/mol. The summed E-state index contributed by atoms with van der Waals surface area (Å²) in [6.45, 7) is 1.90. The molecule has 0 aliphatic rings. The second-order valence-electron chi connectivity index (χ2n) is 4.19. The molecule has 0 aliphatic heterocycles. The smallest absolute Gasteiger partial charge is 0.170 e. The first-order valence-electron chi connectivity index (χ1n) is 5.70. The summed E-state index contributed by atoms with van der Waals surface area (Å²) in [7, 11) is 4.92. The van der Waals surface area contributed by atoms with Crippen molar-refractivity contribution >= 4 is 17.4 Å². The fraction of sp³-hybridized carbons (Fsp3) is 0.308. The normalized spacial score (nSPS) is 10.6. The number of aryl methyl sites for hydroxylation is 2. The van der Waals surface area contributed by atoms with E-state index in [9.17, 15) is 0 Å². The minimum atomic E-state index is 0.521. The van der Waals surface area contributed by atoms with Crippen LogP contribution in [-0.2, 0) is 7.05 Å². The Morgan fingerprint density at radius 2 is 2.00 bits per heavy atom. The van der Waals surface area contributed by atoms with Crippen LogP contribution in [0.2, 0.25) is 5.02 Å². The van der Waals surface area contributed by atoms with Gasteiger partial charge in [0.1, 0.15) is 5.82 Å². The van der Waals surface area contributed by atoms with E-state index in [4.69, 9.17) is 26.8 Å². The van der Waals surface area contributed by atoms with Crippen LogP contribution < -0.4 is 15.2 Å². The number of nitrogen functional groups attached to an aromatic ring is 1. The highest BCUT2D eigenvalue weighted by atomic mass is 35.5. The lowest BCUT2D eigenvalue weighted by Gasteiger charge is -2.16. The Morgan fingerprint density at radius 3 is 2.47 bits per heavy atom. The molecule has 1 aromatic heterocycles. The Balaban J connectivity index is 2.81. The number of nitrogens with two attached hydrogens (primary N) is 1. The van der Waals surface area contributed by atoms with E-state index in [-0.39, 0.29) is 0 Å². The number of hydrogen-bond acceptors (Lipinski definition) is 4. The molecule has 0 radical (unpaired) electrons. The van der Waals surface area contributed by atoms with Crippen molar-refractivity contribution < 1.29 is 9.47 Å². The average molecular weight is 282 g/mol. The number of hydrogen-bond donors (Lipinski definition) is 1. The van der Waals surface area contributed by atoms with Crippen molar-refractivity contribution in [2.75, 3.05) is 20.0 Å². The monoisotopic (exact) mass is 281 g/mol. The molecule has 102 valence electrons. The zero-order chi connectivity index (χ0) is 14.2. The molecule has 1 aromatic carbocycles. The Morgan fingerprint density at radius 1 is 1.32 bits per heavy atom. The fourth-order valence-corrected chi connectivity index (χ4v) is 2.22. The van der Waals surface area contributed by atoms with Crippen LogP contribution in [0.5, 0.6) is 11.5 Å². The SMILES string of the molecule is COc1cc(C)c(Cl)c(-c2cnn(C)c2N)c1OC. The summed E-state index contributed by atoms with van der Waals surface area (Å²) in [5, 5.41) is 4.71. The molecule has 0 fully saturated rings. The number of ether oxygens (including phenoxy) is 2. The predicted octanol–water partition coefficient (Wildman–Crippen LogP) is 2.65. The highest BCUT2D eigenvalue weighted by molar-refractivity contribution is 6.34. The van der Waals surface area contributed by atoms with Crippen molar-refractivity contribution in [3.63, 3.8) is 0 Å². The minimum absolute atomic E-state index is 0.521. The van der Waals surface area contributed by atoms with Crippen molar-refractivity contribution in [2.45, 2.75) is 6.92 Å². The first kappa shape index (κ1) is 13.5. The molecular weight excluding hydrogens is 266 g/mol. The van der Waals surface area contributed by atoms with E-state index in [2.05, 4.69) is 5.10 Å². The van der Waals surface area contributed by atoms with Crippen LogP contribution in [-0.4, -0.2) is 24.0 Å². The Labute approximate surface area is 116 Å². The first-order valence-corrected chi connectivity index (χ1v) is 6.08. The van der Waals surface area contributed by atoms with Crippen LogP contribution >= 0.6 is 11.6 Å². The summed E-state index contributed by atoms with van der Waals surface area (Å²) in [5.74, 6) is 1.69. The van der Waals surface area contributed by atoms with Gasteiger partial charge in [0, 0.05) is 12.6 Å². The largest absolute Gasteiger partial charge is 0.493 e. The van der Waals surface area contributed by atoms with E-state index >= 15 is 0 Å². The summed E-state index contributed by atoms with van der Waals surface area (Å²) >= 11 is 6.39. The minimum Gasteiger partial charge on any atom is -0.493 e. The lowest BCUT2D eigenvalue weighted by molar-refractivity contribution is 0.356. The summed E-state index contributed by atoms with van der Waals surface area (Å²) in [6.07, 6.45) is 1.66. The van der Waals surface area contributed by atoms with Crippen LogP contribution in [0.15, 0.2) is 12.3 Å².